The third-order valence-corrected chi connectivity index (χ3v) is 5.69. The van der Waals surface area contributed by atoms with Crippen molar-refractivity contribution in [1.82, 2.24) is 0 Å². The predicted octanol–water partition coefficient (Wildman–Crippen LogP) is 4.48. The number of amides is 1. The van der Waals surface area contributed by atoms with E-state index in [2.05, 4.69) is 10.0 Å². The number of hydrogen-bond acceptors (Lipinski definition) is 3. The van der Waals surface area contributed by atoms with Crippen LogP contribution in [-0.2, 0) is 10.0 Å². The molecule has 0 spiro atoms. The van der Waals surface area contributed by atoms with Crippen LogP contribution in [0.4, 0.5) is 15.8 Å². The molecule has 0 saturated heterocycles. The number of carbonyl (C=O) groups is 1. The molecular weight excluding hydrogens is 482 g/mol. The molecule has 0 aliphatic carbocycles. The molecule has 3 rings (SSSR count). The first-order chi connectivity index (χ1) is 12.8. The van der Waals surface area contributed by atoms with Crippen molar-refractivity contribution in [1.29, 1.82) is 0 Å². The first-order valence-electron chi connectivity index (χ1n) is 7.79. The van der Waals surface area contributed by atoms with Crippen LogP contribution in [0.25, 0.3) is 0 Å². The molecule has 27 heavy (non-hydrogen) atoms. The number of sulfonamides is 1. The molecule has 3 aromatic rings. The van der Waals surface area contributed by atoms with Crippen molar-refractivity contribution in [2.45, 2.75) is 4.90 Å². The lowest BCUT2D eigenvalue weighted by Crippen LogP contribution is -2.15. The van der Waals surface area contributed by atoms with E-state index in [4.69, 9.17) is 0 Å². The van der Waals surface area contributed by atoms with E-state index in [0.29, 0.717) is 14.9 Å². The normalized spacial score (nSPS) is 11.0. The molecule has 138 valence electrons. The smallest absolute Gasteiger partial charge is 0.261 e. The van der Waals surface area contributed by atoms with E-state index in [1.165, 1.54) is 36.4 Å². The van der Waals surface area contributed by atoms with Gasteiger partial charge in [0.05, 0.1) is 10.5 Å². The molecule has 0 unspecified atom stereocenters. The Bertz CT molecular complexity index is 1070. The molecule has 2 N–H and O–H groups in total. The molecular formula is C19H14FIN2O3S. The first-order valence-corrected chi connectivity index (χ1v) is 10.4. The van der Waals surface area contributed by atoms with Gasteiger partial charge in [-0.1, -0.05) is 18.2 Å². The van der Waals surface area contributed by atoms with Crippen molar-refractivity contribution in [3.63, 3.8) is 0 Å². The van der Waals surface area contributed by atoms with Crippen LogP contribution < -0.4 is 10.0 Å². The topological polar surface area (TPSA) is 75.3 Å². The summed E-state index contributed by atoms with van der Waals surface area (Å²) < 4.78 is 41.8. The summed E-state index contributed by atoms with van der Waals surface area (Å²) in [5.41, 5.74) is 0.721. The Kier molecular flexibility index (Phi) is 5.76. The Hall–Kier alpha value is -2.46. The van der Waals surface area contributed by atoms with Gasteiger partial charge in [0.25, 0.3) is 15.9 Å². The number of rotatable bonds is 5. The predicted molar refractivity (Wildman–Crippen MR) is 111 cm³/mol. The van der Waals surface area contributed by atoms with Crippen molar-refractivity contribution in [3.8, 4) is 0 Å². The number of hydrogen-bond donors (Lipinski definition) is 2. The molecule has 0 saturated carbocycles. The number of carbonyl (C=O) groups excluding carboxylic acids is 1. The summed E-state index contributed by atoms with van der Waals surface area (Å²) in [5.74, 6) is -1.23. The van der Waals surface area contributed by atoms with Crippen LogP contribution >= 0.6 is 22.6 Å². The molecule has 8 heteroatoms. The Morgan fingerprint density at radius 3 is 2.19 bits per heavy atom. The largest absolute Gasteiger partial charge is 0.322 e. The van der Waals surface area contributed by atoms with Crippen LogP contribution in [-0.4, -0.2) is 14.3 Å². The van der Waals surface area contributed by atoms with Crippen molar-refractivity contribution in [2.24, 2.45) is 0 Å². The second-order valence-corrected chi connectivity index (χ2v) is 8.50. The molecule has 1 amide bonds. The van der Waals surface area contributed by atoms with Crippen molar-refractivity contribution < 1.29 is 17.6 Å². The van der Waals surface area contributed by atoms with Gasteiger partial charge in [-0.25, -0.2) is 12.8 Å². The van der Waals surface area contributed by atoms with Gasteiger partial charge < -0.3 is 5.32 Å². The Labute approximate surface area is 169 Å². The highest BCUT2D eigenvalue weighted by Gasteiger charge is 2.15. The second-order valence-electron chi connectivity index (χ2n) is 5.57. The molecule has 0 bridgehead atoms. The van der Waals surface area contributed by atoms with Gasteiger partial charge in [0, 0.05) is 14.9 Å². The number of para-hydroxylation sites is 1. The number of benzene rings is 3. The van der Waals surface area contributed by atoms with Gasteiger partial charge in [-0.2, -0.15) is 0 Å². The maximum absolute atomic E-state index is 13.9. The van der Waals surface area contributed by atoms with Crippen LogP contribution in [0.3, 0.4) is 0 Å². The average Bonchev–Trinajstić information content (AvgIpc) is 2.62. The lowest BCUT2D eigenvalue weighted by Gasteiger charge is -2.10. The van der Waals surface area contributed by atoms with E-state index in [1.54, 1.807) is 36.4 Å². The minimum absolute atomic E-state index is 0.0461. The summed E-state index contributed by atoms with van der Waals surface area (Å²) in [6.45, 7) is 0. The van der Waals surface area contributed by atoms with Crippen LogP contribution in [0.1, 0.15) is 10.4 Å². The van der Waals surface area contributed by atoms with Gasteiger partial charge >= 0.3 is 0 Å². The molecule has 0 atom stereocenters. The fourth-order valence-corrected chi connectivity index (χ4v) is 3.82. The van der Waals surface area contributed by atoms with Crippen LogP contribution in [0.15, 0.2) is 77.7 Å². The highest BCUT2D eigenvalue weighted by Crippen LogP contribution is 2.19. The maximum Gasteiger partial charge on any atom is 0.261 e. The monoisotopic (exact) mass is 496 g/mol. The highest BCUT2D eigenvalue weighted by atomic mass is 127. The zero-order valence-corrected chi connectivity index (χ0v) is 16.8. The summed E-state index contributed by atoms with van der Waals surface area (Å²) in [7, 11) is -3.75. The second kappa shape index (κ2) is 8.05. The number of nitrogens with one attached hydrogen (secondary N) is 2. The maximum atomic E-state index is 13.9. The van der Waals surface area contributed by atoms with Gasteiger partial charge in [0.15, 0.2) is 0 Å². The molecule has 0 aliphatic rings. The third-order valence-electron chi connectivity index (χ3n) is 3.62. The molecule has 0 radical (unpaired) electrons. The van der Waals surface area contributed by atoms with E-state index < -0.39 is 21.7 Å². The highest BCUT2D eigenvalue weighted by molar-refractivity contribution is 14.1. The van der Waals surface area contributed by atoms with Gasteiger partial charge in [0.2, 0.25) is 0 Å². The Morgan fingerprint density at radius 1 is 0.889 bits per heavy atom. The summed E-state index contributed by atoms with van der Waals surface area (Å²) in [4.78, 5) is 12.2. The number of halogens is 2. The first kappa shape index (κ1) is 19.3. The zero-order chi connectivity index (χ0) is 19.4. The van der Waals surface area contributed by atoms with Crippen molar-refractivity contribution in [3.05, 3.63) is 87.7 Å². The minimum Gasteiger partial charge on any atom is -0.322 e. The fourth-order valence-electron chi connectivity index (χ4n) is 2.31. The quantitative estimate of drug-likeness (QED) is 0.512. The summed E-state index contributed by atoms with van der Waals surface area (Å²) >= 11 is 1.95. The van der Waals surface area contributed by atoms with E-state index in [1.807, 2.05) is 22.6 Å². The molecule has 0 aliphatic heterocycles. The molecule has 0 fully saturated rings. The van der Waals surface area contributed by atoms with Gasteiger partial charge in [-0.05, 0) is 77.2 Å². The molecule has 5 nitrogen and oxygen atoms in total. The van der Waals surface area contributed by atoms with Gasteiger partial charge in [0.1, 0.15) is 5.82 Å². The van der Waals surface area contributed by atoms with Crippen molar-refractivity contribution in [2.75, 3.05) is 10.0 Å². The van der Waals surface area contributed by atoms with E-state index in [9.17, 15) is 17.6 Å². The standard InChI is InChI=1S/C19H14FIN2O3S/c20-18-12-13(21)6-11-17(18)19(24)22-14-7-9-16(10-8-14)27(25,26)23-15-4-2-1-3-5-15/h1-12,23H,(H,22,24). The Balaban J connectivity index is 1.74. The van der Waals surface area contributed by atoms with Crippen LogP contribution in [0.2, 0.25) is 0 Å². The van der Waals surface area contributed by atoms with Gasteiger partial charge in [-0.3, -0.25) is 9.52 Å². The summed E-state index contributed by atoms with van der Waals surface area (Å²) in [6, 6.07) is 18.4. The molecule has 0 aromatic heterocycles. The molecule has 3 aromatic carbocycles. The summed E-state index contributed by atoms with van der Waals surface area (Å²) in [5, 5.41) is 2.55. The lowest BCUT2D eigenvalue weighted by atomic mass is 10.2. The SMILES string of the molecule is O=C(Nc1ccc(S(=O)(=O)Nc2ccccc2)cc1)c1ccc(I)cc1F. The van der Waals surface area contributed by atoms with Crippen LogP contribution in [0, 0.1) is 9.39 Å². The third kappa shape index (κ3) is 4.83. The molecule has 0 heterocycles. The van der Waals surface area contributed by atoms with E-state index in [-0.39, 0.29) is 10.5 Å². The summed E-state index contributed by atoms with van der Waals surface area (Å²) in [6.07, 6.45) is 0. The minimum atomic E-state index is -3.75. The van der Waals surface area contributed by atoms with E-state index >= 15 is 0 Å². The van der Waals surface area contributed by atoms with Gasteiger partial charge in [-0.15, -0.1) is 0 Å². The number of anilines is 2. The van der Waals surface area contributed by atoms with E-state index in [0.717, 1.165) is 0 Å². The van der Waals surface area contributed by atoms with Crippen LogP contribution in [0.5, 0.6) is 0 Å². The zero-order valence-electron chi connectivity index (χ0n) is 13.8. The average molecular weight is 496 g/mol. The van der Waals surface area contributed by atoms with Crippen molar-refractivity contribution >= 4 is 49.9 Å². The Morgan fingerprint density at radius 2 is 1.56 bits per heavy atom. The fraction of sp³-hybridized carbons (Fsp3) is 0. The lowest BCUT2D eigenvalue weighted by molar-refractivity contribution is 0.102.